The second kappa shape index (κ2) is 7.03. The van der Waals surface area contributed by atoms with Crippen LogP contribution in [0.1, 0.15) is 33.1 Å². The van der Waals surface area contributed by atoms with Crippen molar-refractivity contribution in [3.8, 4) is 6.07 Å². The van der Waals surface area contributed by atoms with Crippen LogP contribution in [-0.2, 0) is 23.9 Å². The van der Waals surface area contributed by atoms with Crippen molar-refractivity contribution < 1.29 is 23.9 Å². The van der Waals surface area contributed by atoms with E-state index < -0.39 is 17.4 Å². The van der Waals surface area contributed by atoms with E-state index in [4.69, 9.17) is 4.74 Å². The van der Waals surface area contributed by atoms with E-state index in [0.717, 1.165) is 0 Å². The monoisotopic (exact) mass is 305 g/mol. The average molecular weight is 305 g/mol. The van der Waals surface area contributed by atoms with Crippen LogP contribution in [0.25, 0.3) is 0 Å². The van der Waals surface area contributed by atoms with Crippen molar-refractivity contribution in [1.29, 1.82) is 5.26 Å². The van der Waals surface area contributed by atoms with Gasteiger partial charge in [-0.05, 0) is 30.9 Å². The molecular weight excluding hydrogens is 286 g/mol. The Bertz CT molecular complexity index is 596. The summed E-state index contributed by atoms with van der Waals surface area (Å²) in [6, 6.07) is 1.83. The molecule has 1 aliphatic carbocycles. The summed E-state index contributed by atoms with van der Waals surface area (Å²) in [5, 5.41) is 9.20. The molecule has 0 aromatic rings. The van der Waals surface area contributed by atoms with Gasteiger partial charge in [-0.3, -0.25) is 9.59 Å². The fourth-order valence-corrected chi connectivity index (χ4v) is 2.66. The molecule has 6 nitrogen and oxygen atoms in total. The first-order valence-electron chi connectivity index (χ1n) is 6.81. The molecule has 0 heterocycles. The summed E-state index contributed by atoms with van der Waals surface area (Å²) in [6.07, 6.45) is 0.819. The van der Waals surface area contributed by atoms with Crippen LogP contribution < -0.4 is 0 Å². The summed E-state index contributed by atoms with van der Waals surface area (Å²) in [4.78, 5) is 34.8. The van der Waals surface area contributed by atoms with Crippen molar-refractivity contribution in [2.45, 2.75) is 33.1 Å². The highest BCUT2D eigenvalue weighted by Crippen LogP contribution is 2.45. The molecule has 0 aromatic carbocycles. The molecule has 1 saturated carbocycles. The van der Waals surface area contributed by atoms with Crippen LogP contribution >= 0.6 is 0 Å². The minimum absolute atomic E-state index is 0.00555. The molecule has 0 bridgehead atoms. The van der Waals surface area contributed by atoms with Crippen LogP contribution in [0.2, 0.25) is 0 Å². The topological polar surface area (TPSA) is 93.5 Å². The van der Waals surface area contributed by atoms with Gasteiger partial charge in [0, 0.05) is 13.3 Å². The van der Waals surface area contributed by atoms with E-state index in [0.29, 0.717) is 17.6 Å². The molecule has 1 unspecified atom stereocenters. The van der Waals surface area contributed by atoms with Gasteiger partial charge in [0.1, 0.15) is 24.0 Å². The normalized spacial score (nSPS) is 22.7. The average Bonchev–Trinajstić information content (AvgIpc) is 2.74. The number of ether oxygens (including phenoxy) is 2. The minimum Gasteiger partial charge on any atom is -0.465 e. The Kier molecular flexibility index (Phi) is 5.63. The van der Waals surface area contributed by atoms with Crippen molar-refractivity contribution in [3.05, 3.63) is 23.3 Å². The molecule has 0 saturated heterocycles. The maximum Gasteiger partial charge on any atom is 0.348 e. The Morgan fingerprint density at radius 1 is 1.41 bits per heavy atom. The molecule has 0 aliphatic heterocycles. The summed E-state index contributed by atoms with van der Waals surface area (Å²) < 4.78 is 9.47. The zero-order valence-corrected chi connectivity index (χ0v) is 13.0. The number of Topliss-reactive ketones (excluding diaryl/α,β-unsaturated/α-hetero) is 1. The summed E-state index contributed by atoms with van der Waals surface area (Å²) >= 11 is 0. The van der Waals surface area contributed by atoms with Gasteiger partial charge in [0.05, 0.1) is 12.5 Å². The summed E-state index contributed by atoms with van der Waals surface area (Å²) in [5.41, 5.74) is -0.101. The van der Waals surface area contributed by atoms with Crippen molar-refractivity contribution in [2.24, 2.45) is 5.41 Å². The molecule has 1 rings (SSSR count). The summed E-state index contributed by atoms with van der Waals surface area (Å²) in [7, 11) is 1.19. The van der Waals surface area contributed by atoms with Crippen LogP contribution in [0.5, 0.6) is 0 Å². The Hall–Kier alpha value is -2.42. The lowest BCUT2D eigenvalue weighted by atomic mass is 9.76. The molecule has 0 N–H and O–H groups in total. The Balaban J connectivity index is 3.10. The number of rotatable bonds is 5. The molecule has 118 valence electrons. The van der Waals surface area contributed by atoms with Gasteiger partial charge >= 0.3 is 11.9 Å². The van der Waals surface area contributed by atoms with Gasteiger partial charge < -0.3 is 9.47 Å². The number of carbonyl (C=O) groups is 3. The zero-order valence-electron chi connectivity index (χ0n) is 13.0. The highest BCUT2D eigenvalue weighted by molar-refractivity contribution is 5.99. The van der Waals surface area contributed by atoms with Crippen molar-refractivity contribution in [2.75, 3.05) is 13.7 Å². The standard InChI is InChI=1S/C16H19NO5/c1-10(9-22-11(2)18)7-16(3)13(5-6-14(16)19)12(8-17)15(20)21-4/h1,5-7,9H2,2-4H3. The molecule has 1 aliphatic rings. The van der Waals surface area contributed by atoms with E-state index in [1.807, 2.05) is 6.07 Å². The van der Waals surface area contributed by atoms with Gasteiger partial charge in [0.15, 0.2) is 0 Å². The quantitative estimate of drug-likeness (QED) is 0.333. The fourth-order valence-electron chi connectivity index (χ4n) is 2.66. The van der Waals surface area contributed by atoms with Gasteiger partial charge in [-0.2, -0.15) is 5.26 Å². The van der Waals surface area contributed by atoms with E-state index in [-0.39, 0.29) is 30.8 Å². The van der Waals surface area contributed by atoms with Crippen LogP contribution in [0, 0.1) is 16.7 Å². The Morgan fingerprint density at radius 3 is 2.55 bits per heavy atom. The molecule has 1 atom stereocenters. The van der Waals surface area contributed by atoms with Crippen molar-refractivity contribution in [3.63, 3.8) is 0 Å². The number of hydrogen-bond acceptors (Lipinski definition) is 6. The van der Waals surface area contributed by atoms with Gasteiger partial charge in [-0.25, -0.2) is 4.79 Å². The molecule has 1 fully saturated rings. The summed E-state index contributed by atoms with van der Waals surface area (Å²) in [6.45, 7) is 6.77. The zero-order chi connectivity index (χ0) is 16.9. The van der Waals surface area contributed by atoms with E-state index in [1.165, 1.54) is 14.0 Å². The maximum atomic E-state index is 12.3. The number of carbonyl (C=O) groups excluding carboxylic acids is 3. The molecule has 0 spiro atoms. The molecule has 0 amide bonds. The minimum atomic E-state index is -0.990. The highest BCUT2D eigenvalue weighted by Gasteiger charge is 2.44. The van der Waals surface area contributed by atoms with Crippen LogP contribution in [0.15, 0.2) is 23.3 Å². The first kappa shape index (κ1) is 17.6. The van der Waals surface area contributed by atoms with Gasteiger partial charge in [-0.15, -0.1) is 0 Å². The SMILES string of the molecule is C=C(COC(C)=O)CC1(C)C(=O)CCC1=C(C#N)C(=O)OC. The maximum absolute atomic E-state index is 12.3. The molecule has 0 radical (unpaired) electrons. The Labute approximate surface area is 129 Å². The largest absolute Gasteiger partial charge is 0.465 e. The van der Waals surface area contributed by atoms with E-state index >= 15 is 0 Å². The second-order valence-electron chi connectivity index (χ2n) is 5.42. The predicted molar refractivity (Wildman–Crippen MR) is 77.4 cm³/mol. The molecule has 22 heavy (non-hydrogen) atoms. The van der Waals surface area contributed by atoms with E-state index in [9.17, 15) is 19.6 Å². The number of hydrogen-bond donors (Lipinski definition) is 0. The number of methoxy groups -OCH3 is 1. The molecule has 0 aromatic heterocycles. The number of nitriles is 1. The smallest absolute Gasteiger partial charge is 0.348 e. The number of esters is 2. The van der Waals surface area contributed by atoms with Crippen LogP contribution in [0.4, 0.5) is 0 Å². The number of nitrogens with zero attached hydrogens (tertiary/aromatic N) is 1. The third-order valence-electron chi connectivity index (χ3n) is 3.77. The molecular formula is C16H19NO5. The lowest BCUT2D eigenvalue weighted by Crippen LogP contribution is -2.27. The van der Waals surface area contributed by atoms with Crippen LogP contribution in [0.3, 0.4) is 0 Å². The number of ketones is 1. The fraction of sp³-hybridized carbons (Fsp3) is 0.500. The highest BCUT2D eigenvalue weighted by atomic mass is 16.5. The van der Waals surface area contributed by atoms with Gasteiger partial charge in [0.2, 0.25) is 0 Å². The second-order valence-corrected chi connectivity index (χ2v) is 5.42. The summed E-state index contributed by atoms with van der Waals surface area (Å²) in [5.74, 6) is -1.25. The van der Waals surface area contributed by atoms with E-state index in [2.05, 4.69) is 11.3 Å². The first-order valence-corrected chi connectivity index (χ1v) is 6.81. The predicted octanol–water partition coefficient (Wildman–Crippen LogP) is 1.86. The van der Waals surface area contributed by atoms with Crippen LogP contribution in [-0.4, -0.2) is 31.4 Å². The lowest BCUT2D eigenvalue weighted by molar-refractivity contribution is -0.140. The van der Waals surface area contributed by atoms with E-state index in [1.54, 1.807) is 6.92 Å². The number of allylic oxidation sites excluding steroid dienone is 1. The van der Waals surface area contributed by atoms with Crippen molar-refractivity contribution >= 4 is 17.7 Å². The van der Waals surface area contributed by atoms with Gasteiger partial charge in [-0.1, -0.05) is 6.58 Å². The third kappa shape index (κ3) is 3.61. The first-order chi connectivity index (χ1) is 10.3. The lowest BCUT2D eigenvalue weighted by Gasteiger charge is -2.26. The Morgan fingerprint density at radius 2 is 2.05 bits per heavy atom. The molecule has 6 heteroatoms. The van der Waals surface area contributed by atoms with Gasteiger partial charge in [0.25, 0.3) is 0 Å². The van der Waals surface area contributed by atoms with Crippen molar-refractivity contribution in [1.82, 2.24) is 0 Å². The third-order valence-corrected chi connectivity index (χ3v) is 3.77.